The van der Waals surface area contributed by atoms with E-state index in [9.17, 15) is 25.2 Å². The zero-order valence-corrected chi connectivity index (χ0v) is 18.1. The molecule has 4 N–H and O–H groups in total. The Hall–Kier alpha value is -2.89. The molecule has 1 unspecified atom stereocenters. The first-order valence-corrected chi connectivity index (χ1v) is 10.4. The maximum absolute atomic E-state index is 13.2. The predicted molar refractivity (Wildman–Crippen MR) is 113 cm³/mol. The van der Waals surface area contributed by atoms with E-state index in [0.717, 1.165) is 5.56 Å². The Bertz CT molecular complexity index is 992. The van der Waals surface area contributed by atoms with Gasteiger partial charge in [0.1, 0.15) is 41.8 Å². The van der Waals surface area contributed by atoms with Gasteiger partial charge in [0.2, 0.25) is 12.0 Å². The number of aliphatic hydroxyl groups is 4. The number of carbonyl (C=O) groups excluding carboxylic acids is 1. The summed E-state index contributed by atoms with van der Waals surface area (Å²) in [6.45, 7) is -0.615. The predicted octanol–water partition coefficient (Wildman–Crippen LogP) is 0.589. The van der Waals surface area contributed by atoms with Crippen molar-refractivity contribution in [1.82, 2.24) is 0 Å². The van der Waals surface area contributed by atoms with E-state index in [1.807, 2.05) is 30.3 Å². The van der Waals surface area contributed by atoms with Gasteiger partial charge in [-0.3, -0.25) is 4.79 Å². The molecule has 178 valence electrons. The summed E-state index contributed by atoms with van der Waals surface area (Å²) in [5, 5.41) is 39.9. The van der Waals surface area contributed by atoms with E-state index >= 15 is 0 Å². The number of hydrogen-bond acceptors (Lipinski definition) is 10. The third-order valence-electron chi connectivity index (χ3n) is 5.76. The van der Waals surface area contributed by atoms with E-state index in [4.69, 9.17) is 23.7 Å². The van der Waals surface area contributed by atoms with Crippen LogP contribution in [0.4, 0.5) is 0 Å². The summed E-state index contributed by atoms with van der Waals surface area (Å²) in [6, 6.07) is 10.6. The number of hydrogen-bond donors (Lipinski definition) is 4. The summed E-state index contributed by atoms with van der Waals surface area (Å²) >= 11 is 0. The van der Waals surface area contributed by atoms with Crippen LogP contribution in [0.15, 0.2) is 36.4 Å². The third kappa shape index (κ3) is 4.23. The highest BCUT2D eigenvalue weighted by atomic mass is 16.7. The highest BCUT2D eigenvalue weighted by Crippen LogP contribution is 2.50. The number of aliphatic hydroxyl groups excluding tert-OH is 4. The molecule has 2 aliphatic rings. The molecular weight excluding hydrogens is 436 g/mol. The largest absolute Gasteiger partial charge is 0.493 e. The molecule has 4 rings (SSSR count). The molecule has 33 heavy (non-hydrogen) atoms. The van der Waals surface area contributed by atoms with Gasteiger partial charge in [-0.15, -0.1) is 0 Å². The Morgan fingerprint density at radius 2 is 1.73 bits per heavy atom. The SMILES string of the molecule is COc1cc(O[C@@H]2O[C@H](CO)[C@@H](O)[C@@H](O)[C@H]2O)c2c(c1OC)OC(c1ccccc1)CC2=O. The molecule has 2 aromatic rings. The van der Waals surface area contributed by atoms with Crippen LogP contribution in [0.3, 0.4) is 0 Å². The van der Waals surface area contributed by atoms with Gasteiger partial charge < -0.3 is 44.1 Å². The number of methoxy groups -OCH3 is 2. The summed E-state index contributed by atoms with van der Waals surface area (Å²) in [6.07, 6.45) is -8.01. The Labute approximate surface area is 189 Å². The maximum Gasteiger partial charge on any atom is 0.229 e. The van der Waals surface area contributed by atoms with Gasteiger partial charge in [-0.1, -0.05) is 30.3 Å². The van der Waals surface area contributed by atoms with Gasteiger partial charge in [-0.25, -0.2) is 0 Å². The molecule has 1 saturated heterocycles. The molecule has 0 saturated carbocycles. The Morgan fingerprint density at radius 3 is 2.36 bits per heavy atom. The van der Waals surface area contributed by atoms with Crippen molar-refractivity contribution < 1.29 is 48.9 Å². The fourth-order valence-corrected chi connectivity index (χ4v) is 4.01. The zero-order chi connectivity index (χ0) is 23.7. The molecule has 2 aromatic carbocycles. The van der Waals surface area contributed by atoms with Crippen molar-refractivity contribution in [1.29, 1.82) is 0 Å². The Morgan fingerprint density at radius 1 is 1.00 bits per heavy atom. The van der Waals surface area contributed by atoms with Crippen LogP contribution in [0.25, 0.3) is 0 Å². The molecule has 0 aliphatic carbocycles. The van der Waals surface area contributed by atoms with Gasteiger partial charge in [0, 0.05) is 6.07 Å². The zero-order valence-electron chi connectivity index (χ0n) is 18.1. The van der Waals surface area contributed by atoms with Crippen LogP contribution in [0.2, 0.25) is 0 Å². The van der Waals surface area contributed by atoms with Crippen molar-refractivity contribution in [3.63, 3.8) is 0 Å². The van der Waals surface area contributed by atoms with Gasteiger partial charge in [0.05, 0.1) is 27.2 Å². The molecular formula is C23H26O10. The number of fused-ring (bicyclic) bond motifs is 1. The van der Waals surface area contributed by atoms with Gasteiger partial charge in [0.25, 0.3) is 0 Å². The minimum absolute atomic E-state index is 0.0245. The first kappa shape index (κ1) is 23.3. The van der Waals surface area contributed by atoms with E-state index in [0.29, 0.717) is 0 Å². The van der Waals surface area contributed by atoms with Crippen molar-refractivity contribution >= 4 is 5.78 Å². The summed E-state index contributed by atoms with van der Waals surface area (Å²) < 4.78 is 28.2. The normalized spacial score (nSPS) is 29.1. The number of carbonyl (C=O) groups is 1. The van der Waals surface area contributed by atoms with Crippen LogP contribution in [0, 0.1) is 0 Å². The number of benzene rings is 2. The van der Waals surface area contributed by atoms with Crippen LogP contribution in [-0.2, 0) is 4.74 Å². The smallest absolute Gasteiger partial charge is 0.229 e. The molecule has 2 heterocycles. The fraction of sp³-hybridized carbons (Fsp3) is 0.435. The Kier molecular flexibility index (Phi) is 6.73. The fourth-order valence-electron chi connectivity index (χ4n) is 4.01. The second-order valence-electron chi connectivity index (χ2n) is 7.77. The summed E-state index contributed by atoms with van der Waals surface area (Å²) in [4.78, 5) is 13.2. The monoisotopic (exact) mass is 462 g/mol. The van der Waals surface area contributed by atoms with Crippen LogP contribution >= 0.6 is 0 Å². The molecule has 6 atom stereocenters. The lowest BCUT2D eigenvalue weighted by molar-refractivity contribution is -0.277. The molecule has 2 aliphatic heterocycles. The number of rotatable bonds is 6. The lowest BCUT2D eigenvalue weighted by atomic mass is 9.94. The highest BCUT2D eigenvalue weighted by molar-refractivity contribution is 6.04. The van der Waals surface area contributed by atoms with Crippen molar-refractivity contribution in [2.45, 2.75) is 43.2 Å². The van der Waals surface area contributed by atoms with Gasteiger partial charge in [0.15, 0.2) is 17.3 Å². The summed E-state index contributed by atoms with van der Waals surface area (Å²) in [5.41, 5.74) is 0.870. The van der Waals surface area contributed by atoms with Gasteiger partial charge >= 0.3 is 0 Å². The summed E-state index contributed by atoms with van der Waals surface area (Å²) in [7, 11) is 2.82. The van der Waals surface area contributed by atoms with Crippen LogP contribution < -0.4 is 18.9 Å². The van der Waals surface area contributed by atoms with E-state index in [1.165, 1.54) is 20.3 Å². The van der Waals surface area contributed by atoms with Crippen molar-refractivity contribution in [2.75, 3.05) is 20.8 Å². The average Bonchev–Trinajstić information content (AvgIpc) is 2.84. The molecule has 10 heteroatoms. The van der Waals surface area contributed by atoms with Crippen LogP contribution in [-0.4, -0.2) is 77.7 Å². The minimum Gasteiger partial charge on any atom is -0.493 e. The maximum atomic E-state index is 13.2. The topological polar surface area (TPSA) is 144 Å². The highest BCUT2D eigenvalue weighted by Gasteiger charge is 2.46. The molecule has 10 nitrogen and oxygen atoms in total. The van der Waals surface area contributed by atoms with Gasteiger partial charge in [-0.05, 0) is 5.56 Å². The van der Waals surface area contributed by atoms with E-state index in [-0.39, 0.29) is 40.8 Å². The number of ether oxygens (including phenoxy) is 5. The van der Waals surface area contributed by atoms with Crippen molar-refractivity contribution in [3.05, 3.63) is 47.5 Å². The summed E-state index contributed by atoms with van der Waals surface area (Å²) in [5.74, 6) is 0.190. The van der Waals surface area contributed by atoms with E-state index < -0.39 is 43.4 Å². The number of Topliss-reactive ketones (excluding diaryl/α,β-unsaturated/α-hetero) is 1. The average molecular weight is 462 g/mol. The van der Waals surface area contributed by atoms with Crippen LogP contribution in [0.1, 0.15) is 28.4 Å². The molecule has 0 bridgehead atoms. The quantitative estimate of drug-likeness (QED) is 0.481. The molecule has 1 fully saturated rings. The van der Waals surface area contributed by atoms with Gasteiger partial charge in [-0.2, -0.15) is 0 Å². The van der Waals surface area contributed by atoms with Crippen LogP contribution in [0.5, 0.6) is 23.0 Å². The Balaban J connectivity index is 1.74. The van der Waals surface area contributed by atoms with E-state index in [1.54, 1.807) is 0 Å². The van der Waals surface area contributed by atoms with E-state index in [2.05, 4.69) is 0 Å². The minimum atomic E-state index is -1.65. The van der Waals surface area contributed by atoms with Crippen molar-refractivity contribution in [3.8, 4) is 23.0 Å². The lowest BCUT2D eigenvalue weighted by Gasteiger charge is -2.40. The van der Waals surface area contributed by atoms with Crippen molar-refractivity contribution in [2.24, 2.45) is 0 Å². The molecule has 0 spiro atoms. The lowest BCUT2D eigenvalue weighted by Crippen LogP contribution is -2.60. The standard InChI is InChI=1S/C23H26O10/c1-29-15-9-14(32-23-20(28)19(27)18(26)16(10-24)33-23)17-12(25)8-13(11-6-4-3-5-7-11)31-22(17)21(15)30-2/h3-7,9,13,16,18-20,23-24,26-28H,8,10H2,1-2H3/t13?,16-,18-,19-,20-,23-/m1/s1. The molecule has 0 aromatic heterocycles. The first-order valence-electron chi connectivity index (χ1n) is 10.4. The first-order chi connectivity index (χ1) is 15.9. The molecule has 0 radical (unpaired) electrons. The molecule has 0 amide bonds. The number of ketones is 1. The second kappa shape index (κ2) is 9.54. The third-order valence-corrected chi connectivity index (χ3v) is 5.76. The second-order valence-corrected chi connectivity index (χ2v) is 7.77.